The Morgan fingerprint density at radius 3 is 2.50 bits per heavy atom. The minimum atomic E-state index is -0.349. The van der Waals surface area contributed by atoms with E-state index >= 15 is 0 Å². The zero-order valence-corrected chi connectivity index (χ0v) is 16.4. The second-order valence-corrected chi connectivity index (χ2v) is 7.63. The first kappa shape index (κ1) is 20.0. The molecule has 0 radical (unpaired) electrons. The van der Waals surface area contributed by atoms with Gasteiger partial charge in [0.15, 0.2) is 0 Å². The van der Waals surface area contributed by atoms with E-state index in [1.807, 2.05) is 30.3 Å². The van der Waals surface area contributed by atoms with E-state index in [1.54, 1.807) is 23.2 Å². The number of nitrogens with zero attached hydrogens (tertiary/aromatic N) is 2. The molecule has 1 saturated carbocycles. The van der Waals surface area contributed by atoms with Gasteiger partial charge in [-0.1, -0.05) is 42.5 Å². The third kappa shape index (κ3) is 4.33. The van der Waals surface area contributed by atoms with Crippen LogP contribution in [0.3, 0.4) is 0 Å². The Kier molecular flexibility index (Phi) is 5.77. The van der Waals surface area contributed by atoms with E-state index in [0.717, 1.165) is 17.5 Å². The maximum Gasteiger partial charge on any atom is 0.226 e. The van der Waals surface area contributed by atoms with Crippen LogP contribution < -0.4 is 0 Å². The van der Waals surface area contributed by atoms with E-state index in [-0.39, 0.29) is 42.5 Å². The average Bonchev–Trinajstić information content (AvgIpc) is 3.56. The lowest BCUT2D eigenvalue weighted by molar-refractivity contribution is -0.134. The summed E-state index contributed by atoms with van der Waals surface area (Å²) < 4.78 is 13.3. The first-order chi connectivity index (χ1) is 14.6. The third-order valence-electron chi connectivity index (χ3n) is 5.58. The summed E-state index contributed by atoms with van der Waals surface area (Å²) in [4.78, 5) is 19.0. The van der Waals surface area contributed by atoms with Gasteiger partial charge in [0.25, 0.3) is 0 Å². The van der Waals surface area contributed by atoms with Gasteiger partial charge in [0, 0.05) is 30.8 Å². The molecule has 154 valence electrons. The number of halogens is 1. The number of amides is 1. The number of aliphatic hydroxyl groups excluding tert-OH is 1. The molecule has 0 spiro atoms. The average molecular weight is 406 g/mol. The zero-order chi connectivity index (χ0) is 21.1. The number of hydrogen-bond donors (Lipinski definition) is 2. The van der Waals surface area contributed by atoms with Crippen molar-refractivity contribution in [2.24, 2.45) is 5.92 Å². The Hall–Kier alpha value is -3.25. The SMILES string of the molecule is O=C(C1CC1c1ccccc1)N(Cc1ccc(F)cc1)Cc1cncc(O)c1CO. The number of aromatic nitrogens is 1. The Morgan fingerprint density at radius 1 is 1.07 bits per heavy atom. The smallest absolute Gasteiger partial charge is 0.226 e. The number of carbonyl (C=O) groups excluding carboxylic acids is 1. The summed E-state index contributed by atoms with van der Waals surface area (Å²) in [5, 5.41) is 19.7. The molecular weight excluding hydrogens is 383 g/mol. The molecule has 0 saturated heterocycles. The lowest BCUT2D eigenvalue weighted by Crippen LogP contribution is -2.32. The fourth-order valence-electron chi connectivity index (χ4n) is 3.84. The second-order valence-electron chi connectivity index (χ2n) is 7.63. The van der Waals surface area contributed by atoms with Crippen LogP contribution in [0.1, 0.15) is 34.6 Å². The molecule has 0 aliphatic heterocycles. The van der Waals surface area contributed by atoms with Gasteiger partial charge in [0.2, 0.25) is 5.91 Å². The number of aliphatic hydroxyl groups is 1. The third-order valence-corrected chi connectivity index (χ3v) is 5.58. The largest absolute Gasteiger partial charge is 0.506 e. The molecule has 1 aliphatic carbocycles. The Balaban J connectivity index is 1.58. The lowest BCUT2D eigenvalue weighted by atomic mass is 10.1. The van der Waals surface area contributed by atoms with Crippen LogP contribution in [0.4, 0.5) is 4.39 Å². The minimum absolute atomic E-state index is 0.000380. The van der Waals surface area contributed by atoms with E-state index in [1.165, 1.54) is 18.3 Å². The fraction of sp³-hybridized carbons (Fsp3) is 0.250. The number of pyridine rings is 1. The molecule has 0 bridgehead atoms. The van der Waals surface area contributed by atoms with Crippen molar-refractivity contribution in [2.75, 3.05) is 0 Å². The molecule has 1 amide bonds. The topological polar surface area (TPSA) is 73.7 Å². The second kappa shape index (κ2) is 8.63. The van der Waals surface area contributed by atoms with Gasteiger partial charge in [-0.3, -0.25) is 9.78 Å². The Morgan fingerprint density at radius 2 is 1.80 bits per heavy atom. The number of rotatable bonds is 7. The molecule has 30 heavy (non-hydrogen) atoms. The lowest BCUT2D eigenvalue weighted by Gasteiger charge is -2.24. The number of benzene rings is 2. The van der Waals surface area contributed by atoms with Crippen molar-refractivity contribution in [3.63, 3.8) is 0 Å². The van der Waals surface area contributed by atoms with E-state index in [2.05, 4.69) is 4.98 Å². The van der Waals surface area contributed by atoms with E-state index in [0.29, 0.717) is 17.7 Å². The van der Waals surface area contributed by atoms with Crippen LogP contribution >= 0.6 is 0 Å². The summed E-state index contributed by atoms with van der Waals surface area (Å²) in [6.45, 7) is 0.154. The normalized spacial score (nSPS) is 17.5. The van der Waals surface area contributed by atoms with Gasteiger partial charge in [-0.25, -0.2) is 4.39 Å². The van der Waals surface area contributed by atoms with Crippen LogP contribution in [0.2, 0.25) is 0 Å². The zero-order valence-electron chi connectivity index (χ0n) is 16.4. The molecule has 2 aromatic carbocycles. The molecule has 6 heteroatoms. The highest BCUT2D eigenvalue weighted by atomic mass is 19.1. The molecule has 1 aromatic heterocycles. The van der Waals surface area contributed by atoms with Crippen LogP contribution in [0.5, 0.6) is 5.75 Å². The van der Waals surface area contributed by atoms with Crippen molar-refractivity contribution < 1.29 is 19.4 Å². The molecule has 2 unspecified atom stereocenters. The predicted octanol–water partition coefficient (Wildman–Crippen LogP) is 3.75. The standard InChI is InChI=1S/C24H23FN2O3/c25-19-8-6-16(7-9-19)13-27(14-18-11-26-12-23(29)22(18)15-28)24(30)21-10-20(21)17-4-2-1-3-5-17/h1-9,11-12,20-21,28-29H,10,13-15H2. The molecular formula is C24H23FN2O3. The fourth-order valence-corrected chi connectivity index (χ4v) is 3.84. The highest BCUT2D eigenvalue weighted by Gasteiger charge is 2.45. The molecule has 4 rings (SSSR count). The molecule has 5 nitrogen and oxygen atoms in total. The van der Waals surface area contributed by atoms with Gasteiger partial charge in [-0.05, 0) is 41.2 Å². The van der Waals surface area contributed by atoms with Crippen molar-refractivity contribution in [3.05, 3.63) is 95.1 Å². The highest BCUT2D eigenvalue weighted by molar-refractivity contribution is 5.83. The van der Waals surface area contributed by atoms with Crippen LogP contribution in [0, 0.1) is 11.7 Å². The first-order valence-electron chi connectivity index (χ1n) is 9.90. The number of hydrogen-bond acceptors (Lipinski definition) is 4. The maximum absolute atomic E-state index is 13.4. The van der Waals surface area contributed by atoms with E-state index in [9.17, 15) is 19.4 Å². The monoisotopic (exact) mass is 406 g/mol. The summed E-state index contributed by atoms with van der Waals surface area (Å²) in [5.41, 5.74) is 2.90. The van der Waals surface area contributed by atoms with Crippen LogP contribution in [-0.2, 0) is 24.5 Å². The van der Waals surface area contributed by atoms with Gasteiger partial charge in [0.1, 0.15) is 11.6 Å². The summed E-state index contributed by atoms with van der Waals surface area (Å²) >= 11 is 0. The van der Waals surface area contributed by atoms with Crippen LogP contribution in [0.15, 0.2) is 67.0 Å². The molecule has 1 fully saturated rings. The highest BCUT2D eigenvalue weighted by Crippen LogP contribution is 2.48. The molecule has 3 aromatic rings. The van der Waals surface area contributed by atoms with Crippen molar-refractivity contribution in [2.45, 2.75) is 32.0 Å². The van der Waals surface area contributed by atoms with Gasteiger partial charge < -0.3 is 15.1 Å². The van der Waals surface area contributed by atoms with Crippen molar-refractivity contribution in [1.29, 1.82) is 0 Å². The molecule has 2 atom stereocenters. The van der Waals surface area contributed by atoms with Crippen molar-refractivity contribution in [3.8, 4) is 5.75 Å². The predicted molar refractivity (Wildman–Crippen MR) is 110 cm³/mol. The summed E-state index contributed by atoms with van der Waals surface area (Å²) in [5.74, 6) is -0.356. The minimum Gasteiger partial charge on any atom is -0.506 e. The Bertz CT molecular complexity index is 1020. The van der Waals surface area contributed by atoms with Crippen LogP contribution in [-0.4, -0.2) is 26.0 Å². The number of carbonyl (C=O) groups is 1. The van der Waals surface area contributed by atoms with Crippen molar-refractivity contribution in [1.82, 2.24) is 9.88 Å². The maximum atomic E-state index is 13.4. The summed E-state index contributed by atoms with van der Waals surface area (Å²) in [6.07, 6.45) is 3.61. The van der Waals surface area contributed by atoms with E-state index < -0.39 is 0 Å². The van der Waals surface area contributed by atoms with Gasteiger partial charge in [-0.15, -0.1) is 0 Å². The molecule has 1 heterocycles. The van der Waals surface area contributed by atoms with Gasteiger partial charge in [0.05, 0.1) is 12.8 Å². The van der Waals surface area contributed by atoms with E-state index in [4.69, 9.17) is 0 Å². The quantitative estimate of drug-likeness (QED) is 0.627. The van der Waals surface area contributed by atoms with Crippen molar-refractivity contribution >= 4 is 5.91 Å². The summed E-state index contributed by atoms with van der Waals surface area (Å²) in [7, 11) is 0. The van der Waals surface area contributed by atoms with Gasteiger partial charge in [-0.2, -0.15) is 0 Å². The first-order valence-corrected chi connectivity index (χ1v) is 9.90. The molecule has 1 aliphatic rings. The number of aromatic hydroxyl groups is 1. The molecule has 2 N–H and O–H groups in total. The Labute approximate surface area is 174 Å². The van der Waals surface area contributed by atoms with Gasteiger partial charge >= 0.3 is 0 Å². The van der Waals surface area contributed by atoms with Crippen LogP contribution in [0.25, 0.3) is 0 Å². The summed E-state index contributed by atoms with van der Waals surface area (Å²) in [6, 6.07) is 16.0.